The molecular formula is C20H23NO4. The van der Waals surface area contributed by atoms with Crippen LogP contribution in [0.2, 0.25) is 0 Å². The summed E-state index contributed by atoms with van der Waals surface area (Å²) in [6, 6.07) is 9.66. The maximum Gasteiger partial charge on any atom is 0.344 e. The number of nitrogens with zero attached hydrogens (tertiary/aromatic N) is 1. The Balaban J connectivity index is 1.42. The lowest BCUT2D eigenvalue weighted by atomic mass is 10.0. The second-order valence-corrected chi connectivity index (χ2v) is 6.76. The number of hydrogen-bond donors (Lipinski definition) is 0. The number of ether oxygens (including phenoxy) is 3. The van der Waals surface area contributed by atoms with Gasteiger partial charge in [-0.15, -0.1) is 0 Å². The average molecular weight is 341 g/mol. The third-order valence-electron chi connectivity index (χ3n) is 4.00. The predicted molar refractivity (Wildman–Crippen MR) is 93.9 cm³/mol. The van der Waals surface area contributed by atoms with Gasteiger partial charge in [0.15, 0.2) is 18.1 Å². The smallest absolute Gasteiger partial charge is 0.344 e. The Morgan fingerprint density at radius 2 is 2.16 bits per heavy atom. The molecule has 132 valence electrons. The summed E-state index contributed by atoms with van der Waals surface area (Å²) in [4.78, 5) is 15.9. The van der Waals surface area contributed by atoms with E-state index in [2.05, 4.69) is 4.98 Å². The fraction of sp³-hybridized carbons (Fsp3) is 0.400. The van der Waals surface area contributed by atoms with E-state index in [-0.39, 0.29) is 18.2 Å². The van der Waals surface area contributed by atoms with Gasteiger partial charge in [-0.1, -0.05) is 18.2 Å². The van der Waals surface area contributed by atoms with Gasteiger partial charge >= 0.3 is 5.97 Å². The highest BCUT2D eigenvalue weighted by atomic mass is 16.6. The number of benzene rings is 1. The Morgan fingerprint density at radius 1 is 1.28 bits per heavy atom. The zero-order valence-electron chi connectivity index (χ0n) is 14.7. The minimum Gasteiger partial charge on any atom is -0.483 e. The van der Waals surface area contributed by atoms with Crippen LogP contribution in [0, 0.1) is 0 Å². The van der Waals surface area contributed by atoms with Crippen molar-refractivity contribution in [3.05, 3.63) is 53.9 Å². The second kappa shape index (κ2) is 7.55. The first-order chi connectivity index (χ1) is 12.0. The molecule has 0 spiro atoms. The van der Waals surface area contributed by atoms with Crippen LogP contribution in [0.25, 0.3) is 0 Å². The molecule has 1 aromatic heterocycles. The molecule has 0 saturated heterocycles. The molecule has 0 N–H and O–H groups in total. The van der Waals surface area contributed by atoms with Crippen molar-refractivity contribution in [3.8, 4) is 11.5 Å². The lowest BCUT2D eigenvalue weighted by Crippen LogP contribution is -2.24. The van der Waals surface area contributed by atoms with Crippen LogP contribution in [0.5, 0.6) is 11.5 Å². The van der Waals surface area contributed by atoms with Crippen LogP contribution < -0.4 is 9.47 Å². The molecular weight excluding hydrogens is 318 g/mol. The number of hydrogen-bond acceptors (Lipinski definition) is 5. The Morgan fingerprint density at radius 3 is 2.96 bits per heavy atom. The van der Waals surface area contributed by atoms with Gasteiger partial charge < -0.3 is 14.2 Å². The highest BCUT2D eigenvalue weighted by Gasteiger charge is 2.32. The number of esters is 1. The van der Waals surface area contributed by atoms with Crippen molar-refractivity contribution in [2.45, 2.75) is 38.7 Å². The van der Waals surface area contributed by atoms with Crippen molar-refractivity contribution in [2.75, 3.05) is 13.2 Å². The fourth-order valence-corrected chi connectivity index (χ4v) is 2.89. The molecule has 0 bridgehead atoms. The molecule has 5 nitrogen and oxygen atoms in total. The molecule has 0 amide bonds. The van der Waals surface area contributed by atoms with Crippen LogP contribution >= 0.6 is 0 Å². The van der Waals surface area contributed by atoms with Gasteiger partial charge in [0.1, 0.15) is 5.60 Å². The van der Waals surface area contributed by atoms with Crippen molar-refractivity contribution in [3.63, 3.8) is 0 Å². The van der Waals surface area contributed by atoms with Gasteiger partial charge in [-0.05, 0) is 44.4 Å². The van der Waals surface area contributed by atoms with Gasteiger partial charge in [-0.25, -0.2) is 4.79 Å². The van der Waals surface area contributed by atoms with Crippen LogP contribution in [0.15, 0.2) is 42.7 Å². The van der Waals surface area contributed by atoms with Crippen LogP contribution in [-0.4, -0.2) is 29.8 Å². The highest BCUT2D eigenvalue weighted by molar-refractivity contribution is 5.71. The SMILES string of the molecule is CC1(C)Cc2cccc(OCC(=O)OCCCc3cccnc3)c2O1. The maximum absolute atomic E-state index is 11.9. The van der Waals surface area contributed by atoms with Crippen molar-refractivity contribution >= 4 is 5.97 Å². The number of para-hydroxylation sites is 1. The molecule has 2 aromatic rings. The minimum atomic E-state index is -0.374. The van der Waals surface area contributed by atoms with Gasteiger partial charge in [0.25, 0.3) is 0 Å². The Hall–Kier alpha value is -2.56. The van der Waals surface area contributed by atoms with E-state index in [0.29, 0.717) is 12.4 Å². The molecule has 1 aliphatic rings. The topological polar surface area (TPSA) is 57.7 Å². The van der Waals surface area contributed by atoms with E-state index in [4.69, 9.17) is 14.2 Å². The van der Waals surface area contributed by atoms with E-state index in [1.807, 2.05) is 50.4 Å². The normalized spacial score (nSPS) is 14.5. The lowest BCUT2D eigenvalue weighted by Gasteiger charge is -2.18. The first-order valence-corrected chi connectivity index (χ1v) is 8.52. The highest BCUT2D eigenvalue weighted by Crippen LogP contribution is 2.41. The summed E-state index contributed by atoms with van der Waals surface area (Å²) in [5, 5.41) is 0. The third kappa shape index (κ3) is 4.72. The fourth-order valence-electron chi connectivity index (χ4n) is 2.89. The summed E-state index contributed by atoms with van der Waals surface area (Å²) in [6.45, 7) is 4.32. The molecule has 0 aliphatic carbocycles. The first kappa shape index (κ1) is 17.3. The maximum atomic E-state index is 11.9. The first-order valence-electron chi connectivity index (χ1n) is 8.52. The largest absolute Gasteiger partial charge is 0.483 e. The van der Waals surface area contributed by atoms with Crippen molar-refractivity contribution in [1.29, 1.82) is 0 Å². The number of carbonyl (C=O) groups excluding carboxylic acids is 1. The number of rotatable bonds is 7. The van der Waals surface area contributed by atoms with Gasteiger partial charge in [0.2, 0.25) is 0 Å². The van der Waals surface area contributed by atoms with Gasteiger partial charge in [-0.3, -0.25) is 4.98 Å². The van der Waals surface area contributed by atoms with Gasteiger partial charge in [-0.2, -0.15) is 0 Å². The summed E-state index contributed by atoms with van der Waals surface area (Å²) in [5.41, 5.74) is 2.00. The number of pyridine rings is 1. The summed E-state index contributed by atoms with van der Waals surface area (Å²) in [5.74, 6) is 0.952. The van der Waals surface area contributed by atoms with E-state index < -0.39 is 0 Å². The van der Waals surface area contributed by atoms with E-state index in [1.54, 1.807) is 6.20 Å². The van der Waals surface area contributed by atoms with E-state index in [9.17, 15) is 4.79 Å². The predicted octanol–water partition coefficient (Wildman–Crippen LogP) is 3.35. The molecule has 1 aliphatic heterocycles. The number of carbonyl (C=O) groups is 1. The molecule has 0 fully saturated rings. The minimum absolute atomic E-state index is 0.118. The number of aryl methyl sites for hydroxylation is 1. The number of aromatic nitrogens is 1. The molecule has 1 aromatic carbocycles. The van der Waals surface area contributed by atoms with Crippen LogP contribution in [0.4, 0.5) is 0 Å². The van der Waals surface area contributed by atoms with Crippen LogP contribution in [0.1, 0.15) is 31.4 Å². The molecule has 0 unspecified atom stereocenters. The molecule has 3 rings (SSSR count). The summed E-state index contributed by atoms with van der Waals surface area (Å²) < 4.78 is 16.8. The summed E-state index contributed by atoms with van der Waals surface area (Å²) >= 11 is 0. The Labute approximate surface area is 147 Å². The van der Waals surface area contributed by atoms with E-state index in [1.165, 1.54) is 0 Å². The quantitative estimate of drug-likeness (QED) is 0.571. The second-order valence-electron chi connectivity index (χ2n) is 6.76. The summed E-state index contributed by atoms with van der Waals surface area (Å²) in [7, 11) is 0. The zero-order chi connectivity index (χ0) is 17.7. The monoisotopic (exact) mass is 341 g/mol. The Bertz CT molecular complexity index is 728. The molecule has 0 saturated carbocycles. The molecule has 5 heteroatoms. The lowest BCUT2D eigenvalue weighted by molar-refractivity contribution is -0.146. The van der Waals surface area contributed by atoms with Crippen molar-refractivity contribution in [2.24, 2.45) is 0 Å². The Kier molecular flexibility index (Phi) is 5.22. The standard InChI is InChI=1S/C20H23NO4/c1-20(2)12-16-8-3-9-17(19(16)25-20)24-14-18(22)23-11-5-7-15-6-4-10-21-13-15/h3-4,6,8-10,13H,5,7,11-12,14H2,1-2H3. The average Bonchev–Trinajstić information content (AvgIpc) is 2.92. The van der Waals surface area contributed by atoms with Crippen LogP contribution in [-0.2, 0) is 22.4 Å². The van der Waals surface area contributed by atoms with E-state index >= 15 is 0 Å². The number of fused-ring (bicyclic) bond motifs is 1. The third-order valence-corrected chi connectivity index (χ3v) is 4.00. The summed E-state index contributed by atoms with van der Waals surface area (Å²) in [6.07, 6.45) is 5.99. The zero-order valence-corrected chi connectivity index (χ0v) is 14.7. The van der Waals surface area contributed by atoms with Crippen LogP contribution in [0.3, 0.4) is 0 Å². The van der Waals surface area contributed by atoms with Gasteiger partial charge in [0.05, 0.1) is 6.61 Å². The molecule has 0 radical (unpaired) electrons. The van der Waals surface area contributed by atoms with E-state index in [0.717, 1.165) is 36.1 Å². The molecule has 0 atom stereocenters. The van der Waals surface area contributed by atoms with Gasteiger partial charge in [0, 0.05) is 24.4 Å². The van der Waals surface area contributed by atoms with Crippen molar-refractivity contribution in [1.82, 2.24) is 4.98 Å². The molecule has 2 heterocycles. The molecule has 25 heavy (non-hydrogen) atoms. The van der Waals surface area contributed by atoms with Crippen molar-refractivity contribution < 1.29 is 19.0 Å².